The molecule has 0 saturated heterocycles. The van der Waals surface area contributed by atoms with E-state index in [2.05, 4.69) is 19.2 Å². The summed E-state index contributed by atoms with van der Waals surface area (Å²) in [5.41, 5.74) is 1.49. The largest absolute Gasteiger partial charge is 0.349 e. The topological polar surface area (TPSA) is 81.1 Å². The highest BCUT2D eigenvalue weighted by molar-refractivity contribution is 7.99. The van der Waals surface area contributed by atoms with Gasteiger partial charge in [-0.2, -0.15) is 0 Å². The molecule has 1 saturated carbocycles. The van der Waals surface area contributed by atoms with Gasteiger partial charge >= 0.3 is 0 Å². The van der Waals surface area contributed by atoms with Gasteiger partial charge in [-0.3, -0.25) is 19.0 Å². The minimum atomic E-state index is -0.136. The van der Waals surface area contributed by atoms with E-state index in [1.165, 1.54) is 11.8 Å². The Kier molecular flexibility index (Phi) is 7.83. The zero-order valence-corrected chi connectivity index (χ0v) is 20.6. The van der Waals surface area contributed by atoms with Crippen LogP contribution in [0.2, 0.25) is 0 Å². The van der Waals surface area contributed by atoms with Crippen molar-refractivity contribution in [2.45, 2.75) is 63.7 Å². The molecule has 0 spiro atoms. The first kappa shape index (κ1) is 24.2. The van der Waals surface area contributed by atoms with E-state index in [9.17, 15) is 14.4 Å². The van der Waals surface area contributed by atoms with Crippen LogP contribution in [-0.4, -0.2) is 33.0 Å². The van der Waals surface area contributed by atoms with Crippen molar-refractivity contribution in [1.82, 2.24) is 14.9 Å². The molecule has 1 fully saturated rings. The molecular formula is C27H31N3O3S. The van der Waals surface area contributed by atoms with Crippen LogP contribution in [0.1, 0.15) is 66.7 Å². The molecule has 34 heavy (non-hydrogen) atoms. The summed E-state index contributed by atoms with van der Waals surface area (Å²) in [7, 11) is 0. The summed E-state index contributed by atoms with van der Waals surface area (Å²) < 4.78 is 1.67. The number of nitrogens with zero attached hydrogens (tertiary/aromatic N) is 2. The molecule has 1 aliphatic rings. The van der Waals surface area contributed by atoms with Crippen molar-refractivity contribution in [2.75, 3.05) is 5.75 Å². The Bertz CT molecular complexity index is 1230. The number of aromatic nitrogens is 2. The molecule has 0 atom stereocenters. The van der Waals surface area contributed by atoms with Gasteiger partial charge in [-0.25, -0.2) is 4.98 Å². The first-order valence-electron chi connectivity index (χ1n) is 12.0. The van der Waals surface area contributed by atoms with Gasteiger partial charge < -0.3 is 5.32 Å². The molecule has 0 aliphatic heterocycles. The van der Waals surface area contributed by atoms with Crippen LogP contribution in [-0.2, 0) is 6.54 Å². The van der Waals surface area contributed by atoms with Crippen molar-refractivity contribution in [1.29, 1.82) is 0 Å². The molecule has 4 rings (SSSR count). The number of benzene rings is 2. The van der Waals surface area contributed by atoms with E-state index >= 15 is 0 Å². The van der Waals surface area contributed by atoms with Crippen molar-refractivity contribution in [3.05, 3.63) is 70.0 Å². The van der Waals surface area contributed by atoms with Crippen molar-refractivity contribution >= 4 is 34.4 Å². The fourth-order valence-corrected chi connectivity index (χ4v) is 5.13. The Morgan fingerprint density at radius 1 is 1.09 bits per heavy atom. The zero-order valence-electron chi connectivity index (χ0n) is 19.8. The van der Waals surface area contributed by atoms with E-state index in [0.717, 1.165) is 32.1 Å². The molecule has 7 heteroatoms. The number of ketones is 1. The van der Waals surface area contributed by atoms with Crippen LogP contribution in [0, 0.1) is 5.92 Å². The molecule has 0 bridgehead atoms. The van der Waals surface area contributed by atoms with Crippen molar-refractivity contribution in [2.24, 2.45) is 5.92 Å². The average molecular weight is 478 g/mol. The van der Waals surface area contributed by atoms with E-state index in [1.54, 1.807) is 34.9 Å². The van der Waals surface area contributed by atoms with Crippen LogP contribution in [0.5, 0.6) is 0 Å². The molecule has 0 radical (unpaired) electrons. The zero-order chi connectivity index (χ0) is 24.1. The van der Waals surface area contributed by atoms with Gasteiger partial charge in [0.25, 0.3) is 11.5 Å². The van der Waals surface area contributed by atoms with Gasteiger partial charge in [0.05, 0.1) is 16.7 Å². The molecule has 0 unspecified atom stereocenters. The summed E-state index contributed by atoms with van der Waals surface area (Å²) in [5.74, 6) is 0.465. The number of Topliss-reactive ketones (excluding diaryl/α,β-unsaturated/α-hetero) is 1. The number of hydrogen-bond donors (Lipinski definition) is 1. The quantitative estimate of drug-likeness (QED) is 0.264. The third-order valence-corrected chi connectivity index (χ3v) is 7.21. The Labute approximate surface area is 204 Å². The lowest BCUT2D eigenvalue weighted by Crippen LogP contribution is -2.32. The second kappa shape index (κ2) is 11.0. The maximum Gasteiger partial charge on any atom is 0.262 e. The number of nitrogens with one attached hydrogen (secondary N) is 1. The Balaban J connectivity index is 1.64. The maximum atomic E-state index is 13.4. The average Bonchev–Trinajstić information content (AvgIpc) is 3.35. The smallest absolute Gasteiger partial charge is 0.262 e. The number of hydrogen-bond acceptors (Lipinski definition) is 5. The summed E-state index contributed by atoms with van der Waals surface area (Å²) in [4.78, 5) is 43.5. The number of carbonyl (C=O) groups excluding carboxylic acids is 2. The van der Waals surface area contributed by atoms with E-state index in [1.807, 2.05) is 18.2 Å². The standard InChI is InChI=1S/C27H31N3O3S/c1-18(2)14-15-30-26(33)22-13-12-20(25(32)28-21-10-6-7-11-21)16-23(22)29-27(30)34-17-24(31)19-8-4-3-5-9-19/h3-5,8-9,12-13,16,18,21H,6-7,10-11,14-15,17H2,1-2H3,(H,28,32). The highest BCUT2D eigenvalue weighted by Crippen LogP contribution is 2.22. The van der Waals surface area contributed by atoms with Crippen LogP contribution in [0.4, 0.5) is 0 Å². The second-order valence-electron chi connectivity index (χ2n) is 9.30. The molecule has 2 aromatic carbocycles. The number of thioether (sulfide) groups is 1. The molecule has 1 heterocycles. The monoisotopic (exact) mass is 477 g/mol. The fourth-order valence-electron chi connectivity index (χ4n) is 4.21. The number of amides is 1. The van der Waals surface area contributed by atoms with E-state index in [0.29, 0.717) is 39.6 Å². The van der Waals surface area contributed by atoms with E-state index in [4.69, 9.17) is 4.98 Å². The predicted molar refractivity (Wildman–Crippen MR) is 137 cm³/mol. The molecule has 1 amide bonds. The number of carbonyl (C=O) groups is 2. The first-order valence-corrected chi connectivity index (χ1v) is 13.0. The van der Waals surface area contributed by atoms with Gasteiger partial charge in [-0.1, -0.05) is 68.8 Å². The molecule has 1 aliphatic carbocycles. The van der Waals surface area contributed by atoms with Crippen molar-refractivity contribution < 1.29 is 9.59 Å². The van der Waals surface area contributed by atoms with E-state index < -0.39 is 0 Å². The minimum Gasteiger partial charge on any atom is -0.349 e. The van der Waals surface area contributed by atoms with Gasteiger partial charge in [0, 0.05) is 23.7 Å². The van der Waals surface area contributed by atoms with Gasteiger partial charge in [0.15, 0.2) is 10.9 Å². The SMILES string of the molecule is CC(C)CCn1c(SCC(=O)c2ccccc2)nc2cc(C(=O)NC3CCCC3)ccc2c1=O. The Hall–Kier alpha value is -2.93. The molecule has 1 aromatic heterocycles. The minimum absolute atomic E-state index is 0.0138. The fraction of sp³-hybridized carbons (Fsp3) is 0.407. The lowest BCUT2D eigenvalue weighted by Gasteiger charge is -2.15. The Morgan fingerprint density at radius 3 is 2.53 bits per heavy atom. The molecule has 6 nitrogen and oxygen atoms in total. The number of fused-ring (bicyclic) bond motifs is 1. The summed E-state index contributed by atoms with van der Waals surface area (Å²) >= 11 is 1.27. The number of rotatable bonds is 9. The van der Waals surface area contributed by atoms with Gasteiger partial charge in [0.2, 0.25) is 0 Å². The summed E-state index contributed by atoms with van der Waals surface area (Å²) in [6.45, 7) is 4.76. The highest BCUT2D eigenvalue weighted by atomic mass is 32.2. The lowest BCUT2D eigenvalue weighted by atomic mass is 10.1. The summed E-state index contributed by atoms with van der Waals surface area (Å²) in [6.07, 6.45) is 5.13. The van der Waals surface area contributed by atoms with Gasteiger partial charge in [0.1, 0.15) is 0 Å². The van der Waals surface area contributed by atoms with Crippen LogP contribution in [0.3, 0.4) is 0 Å². The van der Waals surface area contributed by atoms with Crippen molar-refractivity contribution in [3.8, 4) is 0 Å². The van der Waals surface area contributed by atoms with Gasteiger partial charge in [-0.05, 0) is 43.4 Å². The molecule has 3 aromatic rings. The van der Waals surface area contributed by atoms with Crippen LogP contribution in [0.25, 0.3) is 10.9 Å². The normalized spacial score (nSPS) is 14.1. The van der Waals surface area contributed by atoms with Gasteiger partial charge in [-0.15, -0.1) is 0 Å². The third kappa shape index (κ3) is 5.76. The van der Waals surface area contributed by atoms with Crippen LogP contribution in [0.15, 0.2) is 58.5 Å². The summed E-state index contributed by atoms with van der Waals surface area (Å²) in [5, 5.41) is 4.09. The maximum absolute atomic E-state index is 13.4. The predicted octanol–water partition coefficient (Wildman–Crippen LogP) is 5.09. The Morgan fingerprint density at radius 2 is 1.82 bits per heavy atom. The highest BCUT2D eigenvalue weighted by Gasteiger charge is 2.20. The third-order valence-electron chi connectivity index (χ3n) is 6.23. The van der Waals surface area contributed by atoms with Crippen molar-refractivity contribution in [3.63, 3.8) is 0 Å². The lowest BCUT2D eigenvalue weighted by molar-refractivity contribution is 0.0937. The molecule has 178 valence electrons. The van der Waals surface area contributed by atoms with Crippen LogP contribution < -0.4 is 10.9 Å². The van der Waals surface area contributed by atoms with Crippen LogP contribution >= 0.6 is 11.8 Å². The first-order chi connectivity index (χ1) is 16.4. The molecule has 1 N–H and O–H groups in total. The second-order valence-corrected chi connectivity index (χ2v) is 10.2. The van der Waals surface area contributed by atoms with E-state index in [-0.39, 0.29) is 29.0 Å². The molecular weight excluding hydrogens is 446 g/mol. The summed E-state index contributed by atoms with van der Waals surface area (Å²) in [6, 6.07) is 14.4.